The van der Waals surface area contributed by atoms with Gasteiger partial charge in [0, 0.05) is 18.4 Å². The van der Waals surface area contributed by atoms with Crippen molar-refractivity contribution < 1.29 is 9.53 Å². The van der Waals surface area contributed by atoms with E-state index in [0.717, 1.165) is 28.9 Å². The van der Waals surface area contributed by atoms with Crippen molar-refractivity contribution in [2.75, 3.05) is 0 Å². The quantitative estimate of drug-likeness (QED) is 0.730. The Labute approximate surface area is 164 Å². The van der Waals surface area contributed by atoms with E-state index in [2.05, 4.69) is 11.4 Å². The smallest absolute Gasteiger partial charge is 0.220 e. The molecule has 0 bridgehead atoms. The van der Waals surface area contributed by atoms with E-state index >= 15 is 0 Å². The van der Waals surface area contributed by atoms with E-state index in [1.165, 1.54) is 0 Å². The molecule has 2 aromatic rings. The van der Waals surface area contributed by atoms with E-state index in [-0.39, 0.29) is 17.6 Å². The maximum absolute atomic E-state index is 12.5. The highest BCUT2D eigenvalue weighted by molar-refractivity contribution is 6.42. The van der Waals surface area contributed by atoms with Crippen molar-refractivity contribution in [3.05, 3.63) is 63.1 Å². The molecule has 1 amide bonds. The summed E-state index contributed by atoms with van der Waals surface area (Å²) in [5, 5.41) is 4.21. The van der Waals surface area contributed by atoms with E-state index in [0.29, 0.717) is 22.9 Å². The van der Waals surface area contributed by atoms with Gasteiger partial charge in [0.1, 0.15) is 11.4 Å². The van der Waals surface area contributed by atoms with Crippen LogP contribution in [0.2, 0.25) is 10.0 Å². The number of rotatable bonds is 4. The summed E-state index contributed by atoms with van der Waals surface area (Å²) in [6, 6.07) is 11.5. The van der Waals surface area contributed by atoms with Gasteiger partial charge in [-0.3, -0.25) is 4.79 Å². The number of aryl methyl sites for hydroxylation is 2. The molecule has 1 heterocycles. The number of fused-ring (bicyclic) bond motifs is 1. The molecule has 2 aromatic carbocycles. The largest absolute Gasteiger partial charge is 0.487 e. The molecule has 0 radical (unpaired) electrons. The fraction of sp³-hybridized carbons (Fsp3) is 0.381. The second kappa shape index (κ2) is 7.50. The lowest BCUT2D eigenvalue weighted by Gasteiger charge is -2.38. The Kier molecular flexibility index (Phi) is 5.50. The third-order valence-corrected chi connectivity index (χ3v) is 5.32. The topological polar surface area (TPSA) is 38.3 Å². The zero-order valence-electron chi connectivity index (χ0n) is 15.2. The maximum atomic E-state index is 12.5. The van der Waals surface area contributed by atoms with Crippen molar-refractivity contribution in [1.29, 1.82) is 0 Å². The van der Waals surface area contributed by atoms with E-state index < -0.39 is 0 Å². The second-order valence-electron chi connectivity index (χ2n) is 7.48. The lowest BCUT2D eigenvalue weighted by molar-refractivity contribution is -0.122. The number of amides is 1. The first-order chi connectivity index (χ1) is 12.2. The molecule has 0 saturated carbocycles. The SMILES string of the molecule is Cc1ccc2c(c1)C(NC(=O)CCc1ccc(Cl)c(Cl)c1)CC(C)(C)O2. The molecule has 1 aliphatic rings. The Bertz CT molecular complexity index is 833. The zero-order chi connectivity index (χ0) is 18.9. The van der Waals surface area contributed by atoms with Crippen LogP contribution in [0.15, 0.2) is 36.4 Å². The molecule has 3 nitrogen and oxygen atoms in total. The number of hydrogen-bond acceptors (Lipinski definition) is 2. The molecule has 1 atom stereocenters. The third-order valence-electron chi connectivity index (χ3n) is 4.58. The Morgan fingerprint density at radius 2 is 1.96 bits per heavy atom. The maximum Gasteiger partial charge on any atom is 0.220 e. The number of nitrogens with one attached hydrogen (secondary N) is 1. The van der Waals surface area contributed by atoms with Crippen molar-refractivity contribution >= 4 is 29.1 Å². The van der Waals surface area contributed by atoms with E-state index in [9.17, 15) is 4.79 Å². The van der Waals surface area contributed by atoms with E-state index in [1.807, 2.05) is 45.0 Å². The van der Waals surface area contributed by atoms with Crippen LogP contribution in [0.1, 0.15) is 49.4 Å². The monoisotopic (exact) mass is 391 g/mol. The number of carbonyl (C=O) groups is 1. The minimum absolute atomic E-state index is 0.0197. The number of halogens is 2. The Balaban J connectivity index is 1.68. The fourth-order valence-electron chi connectivity index (χ4n) is 3.32. The van der Waals surface area contributed by atoms with Gasteiger partial charge in [0.25, 0.3) is 0 Å². The van der Waals surface area contributed by atoms with Crippen LogP contribution in [0.25, 0.3) is 0 Å². The molecule has 0 spiro atoms. The van der Waals surface area contributed by atoms with Crippen molar-refractivity contribution in [3.8, 4) is 5.75 Å². The minimum Gasteiger partial charge on any atom is -0.487 e. The van der Waals surface area contributed by atoms with Gasteiger partial charge in [-0.05, 0) is 51.0 Å². The van der Waals surface area contributed by atoms with Gasteiger partial charge in [-0.25, -0.2) is 0 Å². The first-order valence-corrected chi connectivity index (χ1v) is 9.52. The number of ether oxygens (including phenoxy) is 1. The Morgan fingerprint density at radius 1 is 1.19 bits per heavy atom. The van der Waals surface area contributed by atoms with Crippen LogP contribution < -0.4 is 10.1 Å². The van der Waals surface area contributed by atoms with E-state index in [4.69, 9.17) is 27.9 Å². The molecular formula is C21H23Cl2NO2. The summed E-state index contributed by atoms with van der Waals surface area (Å²) in [6.45, 7) is 6.14. The van der Waals surface area contributed by atoms with Crippen molar-refractivity contribution in [2.45, 2.75) is 51.7 Å². The standard InChI is InChI=1S/C21H23Cl2NO2/c1-13-4-8-19-15(10-13)18(12-21(2,3)26-19)24-20(25)9-6-14-5-7-16(22)17(23)11-14/h4-5,7-8,10-11,18H,6,9,12H2,1-3H3,(H,24,25). The molecule has 0 saturated heterocycles. The van der Waals surface area contributed by atoms with Crippen LogP contribution in [-0.2, 0) is 11.2 Å². The predicted octanol–water partition coefficient (Wildman–Crippen LogP) is 5.65. The summed E-state index contributed by atoms with van der Waals surface area (Å²) in [4.78, 5) is 12.5. The molecule has 0 fully saturated rings. The van der Waals surface area contributed by atoms with Gasteiger partial charge < -0.3 is 10.1 Å². The van der Waals surface area contributed by atoms with Crippen molar-refractivity contribution in [3.63, 3.8) is 0 Å². The van der Waals surface area contributed by atoms with Crippen LogP contribution in [0.4, 0.5) is 0 Å². The molecule has 3 rings (SSSR count). The first-order valence-electron chi connectivity index (χ1n) is 8.76. The average Bonchev–Trinajstić information content (AvgIpc) is 2.56. The summed E-state index contributed by atoms with van der Waals surface area (Å²) >= 11 is 12.0. The van der Waals surface area contributed by atoms with Crippen LogP contribution in [0, 0.1) is 6.92 Å². The highest BCUT2D eigenvalue weighted by Gasteiger charge is 2.34. The molecular weight excluding hydrogens is 369 g/mol. The summed E-state index contributed by atoms with van der Waals surface area (Å²) in [5.41, 5.74) is 2.89. The predicted molar refractivity (Wildman–Crippen MR) is 106 cm³/mol. The van der Waals surface area contributed by atoms with Crippen molar-refractivity contribution in [1.82, 2.24) is 5.32 Å². The molecule has 26 heavy (non-hydrogen) atoms. The summed E-state index contributed by atoms with van der Waals surface area (Å²) in [5.74, 6) is 0.868. The zero-order valence-corrected chi connectivity index (χ0v) is 16.7. The molecule has 1 aliphatic heterocycles. The van der Waals surface area contributed by atoms with Gasteiger partial charge in [0.2, 0.25) is 5.91 Å². The Hall–Kier alpha value is -1.71. The number of hydrogen-bond donors (Lipinski definition) is 1. The second-order valence-corrected chi connectivity index (χ2v) is 8.29. The molecule has 1 N–H and O–H groups in total. The highest BCUT2D eigenvalue weighted by Crippen LogP contribution is 2.39. The molecule has 0 aromatic heterocycles. The van der Waals surface area contributed by atoms with Gasteiger partial charge >= 0.3 is 0 Å². The fourth-order valence-corrected chi connectivity index (χ4v) is 3.64. The molecule has 138 valence electrons. The molecule has 1 unspecified atom stereocenters. The van der Waals surface area contributed by atoms with Crippen LogP contribution in [0.5, 0.6) is 5.75 Å². The lowest BCUT2D eigenvalue weighted by Crippen LogP contribution is -2.41. The summed E-state index contributed by atoms with van der Waals surface area (Å²) in [6.07, 6.45) is 1.76. The molecule has 0 aliphatic carbocycles. The summed E-state index contributed by atoms with van der Waals surface area (Å²) in [7, 11) is 0. The van der Waals surface area contributed by atoms with Crippen LogP contribution in [0.3, 0.4) is 0 Å². The molecule has 5 heteroatoms. The van der Waals surface area contributed by atoms with Gasteiger partial charge in [-0.15, -0.1) is 0 Å². The van der Waals surface area contributed by atoms with Crippen molar-refractivity contribution in [2.24, 2.45) is 0 Å². The van der Waals surface area contributed by atoms with Crippen LogP contribution in [-0.4, -0.2) is 11.5 Å². The van der Waals surface area contributed by atoms with Gasteiger partial charge in [0.15, 0.2) is 0 Å². The van der Waals surface area contributed by atoms with Gasteiger partial charge in [-0.1, -0.05) is 47.0 Å². The third kappa shape index (κ3) is 4.52. The lowest BCUT2D eigenvalue weighted by atomic mass is 9.89. The van der Waals surface area contributed by atoms with Gasteiger partial charge in [0.05, 0.1) is 16.1 Å². The van der Waals surface area contributed by atoms with Gasteiger partial charge in [-0.2, -0.15) is 0 Å². The summed E-state index contributed by atoms with van der Waals surface area (Å²) < 4.78 is 6.06. The minimum atomic E-state index is -0.316. The first kappa shape index (κ1) is 19.1. The van der Waals surface area contributed by atoms with Crippen LogP contribution >= 0.6 is 23.2 Å². The Morgan fingerprint density at radius 3 is 2.69 bits per heavy atom. The average molecular weight is 392 g/mol. The number of carbonyl (C=O) groups excluding carboxylic acids is 1. The highest BCUT2D eigenvalue weighted by atomic mass is 35.5. The number of benzene rings is 2. The normalized spacial score (nSPS) is 18.0. The van der Waals surface area contributed by atoms with E-state index in [1.54, 1.807) is 6.07 Å².